The Bertz CT molecular complexity index is 461. The van der Waals surface area contributed by atoms with Crippen molar-refractivity contribution in [3.05, 3.63) is 53.8 Å². The van der Waals surface area contributed by atoms with E-state index in [0.717, 1.165) is 0 Å². The summed E-state index contributed by atoms with van der Waals surface area (Å²) in [5.41, 5.74) is 6.92. The van der Waals surface area contributed by atoms with Gasteiger partial charge in [0.1, 0.15) is 12.4 Å². The van der Waals surface area contributed by atoms with Gasteiger partial charge in [0, 0.05) is 12.1 Å². The van der Waals surface area contributed by atoms with Crippen molar-refractivity contribution in [1.29, 1.82) is 0 Å². The van der Waals surface area contributed by atoms with Gasteiger partial charge < -0.3 is 10.5 Å². The molecular formula is C15H19NO2. The maximum absolute atomic E-state index is 11.8. The first-order valence-electron chi connectivity index (χ1n) is 6.14. The molecule has 1 heterocycles. The molecule has 0 atom stereocenters. The lowest BCUT2D eigenvalue weighted by molar-refractivity contribution is 0.0992. The molecule has 18 heavy (non-hydrogen) atoms. The number of para-hydroxylation sites is 1. The zero-order valence-electron chi connectivity index (χ0n) is 10.8. The van der Waals surface area contributed by atoms with Crippen LogP contribution < -0.4 is 10.5 Å². The maximum Gasteiger partial charge on any atom is 0.170 e. The fraction of sp³-hybridized carbons (Fsp3) is 0.267. The number of benzene rings is 1. The summed E-state index contributed by atoms with van der Waals surface area (Å²) in [4.78, 5) is 11.8. The highest BCUT2D eigenvalue weighted by molar-refractivity contribution is 5.99. The molecule has 2 N–H and O–H groups in total. The summed E-state index contributed by atoms with van der Waals surface area (Å²) < 4.78 is 5.49. The topological polar surface area (TPSA) is 52.3 Å². The van der Waals surface area contributed by atoms with Crippen molar-refractivity contribution in [1.82, 2.24) is 0 Å². The Labute approximate surface area is 108 Å². The Balaban J connectivity index is 0.000000771. The first-order valence-corrected chi connectivity index (χ1v) is 6.14. The van der Waals surface area contributed by atoms with E-state index in [1.807, 2.05) is 26.0 Å². The second-order valence-electron chi connectivity index (χ2n) is 3.54. The second-order valence-corrected chi connectivity index (χ2v) is 3.54. The fourth-order valence-corrected chi connectivity index (χ4v) is 1.53. The first kappa shape index (κ1) is 14.0. The molecule has 3 nitrogen and oxygen atoms in total. The van der Waals surface area contributed by atoms with Crippen molar-refractivity contribution in [2.75, 3.05) is 6.61 Å². The van der Waals surface area contributed by atoms with Crippen LogP contribution in [-0.2, 0) is 0 Å². The highest BCUT2D eigenvalue weighted by atomic mass is 16.5. The van der Waals surface area contributed by atoms with E-state index >= 15 is 0 Å². The minimum Gasteiger partial charge on any atom is -0.489 e. The standard InChI is InChI=1S/C13H13NO2.C2H6/c14-10-4-3-6-12(15)11-5-1-2-7-13(11)16-9-8-10;1-2/h1-5,7-8H,6,9,14H2;1-2H3/b4-3-,10-8+;. The summed E-state index contributed by atoms with van der Waals surface area (Å²) in [6.45, 7) is 4.38. The molecular weight excluding hydrogens is 226 g/mol. The Morgan fingerprint density at radius 3 is 2.72 bits per heavy atom. The summed E-state index contributed by atoms with van der Waals surface area (Å²) in [6, 6.07) is 7.25. The molecule has 1 aromatic carbocycles. The van der Waals surface area contributed by atoms with E-state index in [4.69, 9.17) is 10.5 Å². The third kappa shape index (κ3) is 3.77. The number of Topliss-reactive ketones (excluding diaryl/α,β-unsaturated/α-hetero) is 1. The van der Waals surface area contributed by atoms with Gasteiger partial charge in [-0.15, -0.1) is 0 Å². The van der Waals surface area contributed by atoms with Crippen molar-refractivity contribution in [2.45, 2.75) is 20.3 Å². The van der Waals surface area contributed by atoms with Gasteiger partial charge in [-0.3, -0.25) is 4.79 Å². The van der Waals surface area contributed by atoms with Crippen molar-refractivity contribution in [3.63, 3.8) is 0 Å². The zero-order valence-corrected chi connectivity index (χ0v) is 10.8. The molecule has 0 aliphatic carbocycles. The Kier molecular flexibility index (Phi) is 5.71. The number of allylic oxidation sites excluding steroid dienone is 2. The van der Waals surface area contributed by atoms with E-state index in [0.29, 0.717) is 30.0 Å². The number of carbonyl (C=O) groups is 1. The summed E-state index contributed by atoms with van der Waals surface area (Å²) in [5.74, 6) is 0.661. The number of carbonyl (C=O) groups excluding carboxylic acids is 1. The van der Waals surface area contributed by atoms with E-state index in [2.05, 4.69) is 0 Å². The molecule has 0 unspecified atom stereocenters. The van der Waals surface area contributed by atoms with Crippen molar-refractivity contribution < 1.29 is 9.53 Å². The van der Waals surface area contributed by atoms with E-state index in [-0.39, 0.29) is 5.78 Å². The van der Waals surface area contributed by atoms with Crippen molar-refractivity contribution >= 4 is 5.78 Å². The monoisotopic (exact) mass is 245 g/mol. The lowest BCUT2D eigenvalue weighted by Crippen LogP contribution is -2.06. The lowest BCUT2D eigenvalue weighted by atomic mass is 10.1. The number of nitrogens with two attached hydrogens (primary N) is 1. The molecule has 1 aliphatic heterocycles. The van der Waals surface area contributed by atoms with Crippen LogP contribution in [0.1, 0.15) is 30.6 Å². The predicted octanol–water partition coefficient (Wildman–Crippen LogP) is 3.08. The van der Waals surface area contributed by atoms with Crippen LogP contribution in [-0.4, -0.2) is 12.4 Å². The zero-order chi connectivity index (χ0) is 13.4. The molecule has 0 aromatic heterocycles. The lowest BCUT2D eigenvalue weighted by Gasteiger charge is -2.09. The molecule has 0 radical (unpaired) electrons. The Morgan fingerprint density at radius 1 is 1.22 bits per heavy atom. The number of fused-ring (bicyclic) bond motifs is 1. The van der Waals surface area contributed by atoms with E-state index in [9.17, 15) is 4.79 Å². The normalized spacial score (nSPS) is 19.2. The molecule has 0 amide bonds. The molecule has 3 heteroatoms. The van der Waals surface area contributed by atoms with Gasteiger partial charge in [-0.2, -0.15) is 0 Å². The van der Waals surface area contributed by atoms with Crippen LogP contribution in [0.2, 0.25) is 0 Å². The Morgan fingerprint density at radius 2 is 1.94 bits per heavy atom. The first-order chi connectivity index (χ1) is 8.77. The number of rotatable bonds is 0. The third-order valence-corrected chi connectivity index (χ3v) is 2.36. The molecule has 0 bridgehead atoms. The number of ketones is 1. The minimum absolute atomic E-state index is 0.0431. The van der Waals surface area contributed by atoms with Gasteiger partial charge >= 0.3 is 0 Å². The van der Waals surface area contributed by atoms with Gasteiger partial charge in [-0.25, -0.2) is 0 Å². The van der Waals surface area contributed by atoms with Crippen LogP contribution in [0.5, 0.6) is 5.75 Å². The van der Waals surface area contributed by atoms with Crippen LogP contribution in [0.3, 0.4) is 0 Å². The van der Waals surface area contributed by atoms with Gasteiger partial charge in [-0.05, 0) is 24.3 Å². The highest BCUT2D eigenvalue weighted by Crippen LogP contribution is 2.20. The highest BCUT2D eigenvalue weighted by Gasteiger charge is 2.10. The largest absolute Gasteiger partial charge is 0.489 e. The van der Waals surface area contributed by atoms with Gasteiger partial charge in [0.05, 0.1) is 5.56 Å². The third-order valence-electron chi connectivity index (χ3n) is 2.36. The minimum atomic E-state index is 0.0431. The molecule has 96 valence electrons. The van der Waals surface area contributed by atoms with E-state index in [1.165, 1.54) is 0 Å². The quantitative estimate of drug-likeness (QED) is 0.764. The van der Waals surface area contributed by atoms with Crippen molar-refractivity contribution in [3.8, 4) is 5.75 Å². The predicted molar refractivity (Wildman–Crippen MR) is 73.6 cm³/mol. The number of hydrogen-bond donors (Lipinski definition) is 1. The number of hydrogen-bond acceptors (Lipinski definition) is 3. The van der Waals surface area contributed by atoms with E-state index in [1.54, 1.807) is 30.4 Å². The van der Waals surface area contributed by atoms with Crippen LogP contribution in [0.4, 0.5) is 0 Å². The molecule has 1 aromatic rings. The molecule has 0 fully saturated rings. The fourth-order valence-electron chi connectivity index (χ4n) is 1.53. The molecule has 0 saturated carbocycles. The van der Waals surface area contributed by atoms with E-state index < -0.39 is 0 Å². The molecule has 1 aliphatic rings. The van der Waals surface area contributed by atoms with Crippen molar-refractivity contribution in [2.24, 2.45) is 5.73 Å². The molecule has 0 saturated heterocycles. The average molecular weight is 245 g/mol. The second kappa shape index (κ2) is 7.33. The average Bonchev–Trinajstić information content (AvgIpc) is 2.41. The summed E-state index contributed by atoms with van der Waals surface area (Å²) in [5, 5.41) is 0. The Hall–Kier alpha value is -2.03. The smallest absolute Gasteiger partial charge is 0.170 e. The van der Waals surface area contributed by atoms with Crippen LogP contribution in [0, 0.1) is 0 Å². The van der Waals surface area contributed by atoms with Crippen LogP contribution >= 0.6 is 0 Å². The summed E-state index contributed by atoms with van der Waals surface area (Å²) >= 11 is 0. The summed E-state index contributed by atoms with van der Waals surface area (Å²) in [6.07, 6.45) is 5.63. The maximum atomic E-state index is 11.8. The van der Waals surface area contributed by atoms with Crippen LogP contribution in [0.15, 0.2) is 48.2 Å². The molecule has 2 rings (SSSR count). The van der Waals surface area contributed by atoms with Gasteiger partial charge in [0.25, 0.3) is 0 Å². The van der Waals surface area contributed by atoms with Gasteiger partial charge in [0.2, 0.25) is 0 Å². The summed E-state index contributed by atoms with van der Waals surface area (Å²) in [7, 11) is 0. The van der Waals surface area contributed by atoms with Crippen LogP contribution in [0.25, 0.3) is 0 Å². The van der Waals surface area contributed by atoms with Gasteiger partial charge in [0.15, 0.2) is 5.78 Å². The molecule has 0 spiro atoms. The van der Waals surface area contributed by atoms with Gasteiger partial charge in [-0.1, -0.05) is 32.1 Å². The SMILES string of the molecule is CC.NC1=C/COc2ccccc2C(=O)C/C=C\1. The number of ether oxygens (including phenoxy) is 1.